The molecule has 0 fully saturated rings. The molecule has 4 aromatic rings. The van der Waals surface area contributed by atoms with Gasteiger partial charge in [-0.25, -0.2) is 9.59 Å². The van der Waals surface area contributed by atoms with Gasteiger partial charge in [-0.05, 0) is 83.3 Å². The van der Waals surface area contributed by atoms with Gasteiger partial charge in [-0.1, -0.05) is 36.4 Å². The molecule has 222 valence electrons. The van der Waals surface area contributed by atoms with Crippen LogP contribution in [-0.2, 0) is 23.7 Å². The highest BCUT2D eigenvalue weighted by Gasteiger charge is 2.31. The third-order valence-electron chi connectivity index (χ3n) is 6.91. The summed E-state index contributed by atoms with van der Waals surface area (Å²) in [5, 5.41) is 8.00. The van der Waals surface area contributed by atoms with Gasteiger partial charge in [0.25, 0.3) is 0 Å². The monoisotopic (exact) mass is 599 g/mol. The van der Waals surface area contributed by atoms with Crippen LogP contribution >= 0.6 is 0 Å². The van der Waals surface area contributed by atoms with E-state index in [1.165, 1.54) is 24.3 Å². The molecule has 0 saturated carbocycles. The van der Waals surface area contributed by atoms with Crippen molar-refractivity contribution in [2.45, 2.75) is 31.9 Å². The Kier molecular flexibility index (Phi) is 7.78. The maximum atomic E-state index is 12.6. The van der Waals surface area contributed by atoms with Crippen LogP contribution in [0.5, 0.6) is 0 Å². The highest BCUT2D eigenvalue weighted by molar-refractivity contribution is 5.93. The lowest BCUT2D eigenvalue weighted by Crippen LogP contribution is -2.36. The Morgan fingerprint density at radius 2 is 1.14 bits per heavy atom. The van der Waals surface area contributed by atoms with Gasteiger partial charge in [0.1, 0.15) is 6.61 Å². The lowest BCUT2D eigenvalue weighted by Gasteiger charge is -2.25. The molecule has 1 unspecified atom stereocenters. The first-order valence-corrected chi connectivity index (χ1v) is 12.9. The number of ether oxygens (including phenoxy) is 1. The Morgan fingerprint density at radius 3 is 1.67 bits per heavy atom. The zero-order valence-electron chi connectivity index (χ0n) is 22.4. The minimum absolute atomic E-state index is 0.148. The Morgan fingerprint density at radius 1 is 0.651 bits per heavy atom. The average molecular weight is 600 g/mol. The molecule has 0 saturated heterocycles. The van der Waals surface area contributed by atoms with Gasteiger partial charge in [0.15, 0.2) is 0 Å². The summed E-state index contributed by atoms with van der Waals surface area (Å²) in [6, 6.07) is 20.2. The fourth-order valence-corrected chi connectivity index (χ4v) is 4.65. The van der Waals surface area contributed by atoms with Crippen molar-refractivity contribution in [3.8, 4) is 22.3 Å². The van der Waals surface area contributed by atoms with Crippen LogP contribution in [0, 0.1) is 0 Å². The van der Waals surface area contributed by atoms with Crippen molar-refractivity contribution in [3.05, 3.63) is 107 Å². The Labute approximate surface area is 241 Å². The number of carbonyl (C=O) groups excluding carboxylic acids is 2. The summed E-state index contributed by atoms with van der Waals surface area (Å²) in [6.07, 6.45) is -9.19. The maximum Gasteiger partial charge on any atom is 0.416 e. The van der Waals surface area contributed by atoms with E-state index in [0.29, 0.717) is 22.5 Å². The second kappa shape index (κ2) is 11.3. The van der Waals surface area contributed by atoms with Gasteiger partial charge in [0, 0.05) is 11.3 Å². The first-order chi connectivity index (χ1) is 20.3. The van der Waals surface area contributed by atoms with Gasteiger partial charge < -0.3 is 15.4 Å². The summed E-state index contributed by atoms with van der Waals surface area (Å²) in [5.74, 6) is 0. The van der Waals surface area contributed by atoms with Crippen LogP contribution in [0.1, 0.15) is 35.2 Å². The third-order valence-corrected chi connectivity index (χ3v) is 6.91. The van der Waals surface area contributed by atoms with Gasteiger partial charge in [-0.2, -0.15) is 26.3 Å². The van der Waals surface area contributed by atoms with E-state index >= 15 is 0 Å². The number of hydrogen-bond donors (Lipinski definition) is 3. The number of fused-ring (bicyclic) bond motifs is 2. The lowest BCUT2D eigenvalue weighted by molar-refractivity contribution is -0.138. The highest BCUT2D eigenvalue weighted by atomic mass is 19.4. The number of amides is 3. The van der Waals surface area contributed by atoms with Crippen LogP contribution in [0.4, 0.5) is 47.3 Å². The number of benzene rings is 4. The molecule has 0 aliphatic carbocycles. The summed E-state index contributed by atoms with van der Waals surface area (Å²) < 4.78 is 80.2. The highest BCUT2D eigenvalue weighted by Crippen LogP contribution is 2.35. The molecule has 6 nitrogen and oxygen atoms in total. The number of nitrogens with one attached hydrogen (secondary N) is 3. The minimum atomic E-state index is -4.34. The molecule has 6 rings (SSSR count). The fourth-order valence-electron chi connectivity index (χ4n) is 4.65. The van der Waals surface area contributed by atoms with E-state index in [4.69, 9.17) is 4.74 Å². The maximum absolute atomic E-state index is 12.6. The van der Waals surface area contributed by atoms with Crippen LogP contribution in [0.2, 0.25) is 0 Å². The second-order valence-corrected chi connectivity index (χ2v) is 9.85. The van der Waals surface area contributed by atoms with E-state index in [9.17, 15) is 35.9 Å². The number of halogens is 6. The smallest absolute Gasteiger partial charge is 0.416 e. The molecule has 2 aliphatic heterocycles. The first-order valence-electron chi connectivity index (χ1n) is 12.9. The van der Waals surface area contributed by atoms with E-state index in [-0.39, 0.29) is 18.7 Å². The van der Waals surface area contributed by atoms with Crippen molar-refractivity contribution >= 4 is 23.5 Å². The molecule has 43 heavy (non-hydrogen) atoms. The number of alkyl halides is 6. The van der Waals surface area contributed by atoms with Crippen LogP contribution in [0.25, 0.3) is 22.3 Å². The molecule has 4 aromatic carbocycles. The van der Waals surface area contributed by atoms with E-state index in [1.54, 1.807) is 30.3 Å². The van der Waals surface area contributed by atoms with Gasteiger partial charge in [0.2, 0.25) is 0 Å². The number of anilines is 2. The summed E-state index contributed by atoms with van der Waals surface area (Å²) >= 11 is 0. The second-order valence-electron chi connectivity index (χ2n) is 9.85. The van der Waals surface area contributed by atoms with Crippen molar-refractivity contribution in [1.29, 1.82) is 0 Å². The molecule has 2 aliphatic rings. The average Bonchev–Trinajstić information content (AvgIpc) is 2.96. The number of urea groups is 1. The first kappa shape index (κ1) is 29.5. The van der Waals surface area contributed by atoms with Gasteiger partial charge >= 0.3 is 24.5 Å². The summed E-state index contributed by atoms with van der Waals surface area (Å²) in [5.41, 5.74) is 4.64. The van der Waals surface area contributed by atoms with Crippen molar-refractivity contribution in [2.24, 2.45) is 0 Å². The summed E-state index contributed by atoms with van der Waals surface area (Å²) in [7, 11) is 0. The van der Waals surface area contributed by atoms with Gasteiger partial charge in [0.05, 0.1) is 22.9 Å². The van der Waals surface area contributed by atoms with Crippen LogP contribution in [0.15, 0.2) is 84.9 Å². The topological polar surface area (TPSA) is 79.5 Å². The zero-order valence-corrected chi connectivity index (χ0v) is 22.4. The summed E-state index contributed by atoms with van der Waals surface area (Å²) in [4.78, 5) is 22.5. The van der Waals surface area contributed by atoms with E-state index in [2.05, 4.69) is 16.0 Å². The molecule has 12 heteroatoms. The number of rotatable bonds is 2. The lowest BCUT2D eigenvalue weighted by atomic mass is 9.97. The third kappa shape index (κ3) is 6.74. The van der Waals surface area contributed by atoms with Crippen LogP contribution in [0.3, 0.4) is 0 Å². The molecule has 1 atom stereocenters. The van der Waals surface area contributed by atoms with Crippen molar-refractivity contribution in [2.75, 3.05) is 10.6 Å². The zero-order chi connectivity index (χ0) is 30.9. The molecular formula is C31H23F6N3O3. The molecule has 2 heterocycles. The van der Waals surface area contributed by atoms with Crippen LogP contribution in [-0.4, -0.2) is 12.1 Å². The molecule has 3 amide bonds. The molecule has 0 bridgehead atoms. The standard InChI is InChI=1S/C16H13F3N2O.C15H10F3NO2/c1-9-13-8-11(4-7-14(13)21-15(22)20-9)10-2-5-12(6-3-10)16(17,18)19;16-15(17,18)12-4-1-9(2-5-12)10-3-6-13-11(7-10)8-21-14(20)19-13/h2-9H,1H3,(H2,20,21,22);1-7H,8H2,(H,19,20). The van der Waals surface area contributed by atoms with Crippen molar-refractivity contribution in [3.63, 3.8) is 0 Å². The van der Waals surface area contributed by atoms with Crippen LogP contribution < -0.4 is 16.0 Å². The van der Waals surface area contributed by atoms with Crippen molar-refractivity contribution < 1.29 is 40.7 Å². The Balaban J connectivity index is 0.000000171. The number of cyclic esters (lactones) is 1. The normalized spacial score (nSPS) is 15.8. The quantitative estimate of drug-likeness (QED) is 0.201. The molecule has 3 N–H and O–H groups in total. The number of hydrogen-bond acceptors (Lipinski definition) is 3. The largest absolute Gasteiger partial charge is 0.444 e. The predicted molar refractivity (Wildman–Crippen MR) is 148 cm³/mol. The number of carbonyl (C=O) groups is 2. The molecule has 0 spiro atoms. The fraction of sp³-hybridized carbons (Fsp3) is 0.161. The molecular weight excluding hydrogens is 576 g/mol. The molecule has 0 aromatic heterocycles. The Bertz CT molecular complexity index is 1670. The van der Waals surface area contributed by atoms with Crippen molar-refractivity contribution in [1.82, 2.24) is 5.32 Å². The van der Waals surface area contributed by atoms with Gasteiger partial charge in [-0.3, -0.25) is 5.32 Å². The predicted octanol–water partition coefficient (Wildman–Crippen LogP) is 9.00. The SMILES string of the molecule is CC1NC(=O)Nc2ccc(-c3ccc(C(F)(F)F)cc3)cc21.O=C1Nc2ccc(-c3ccc(C(F)(F)F)cc3)cc2CO1. The van der Waals surface area contributed by atoms with Gasteiger partial charge in [-0.15, -0.1) is 0 Å². The molecule has 0 radical (unpaired) electrons. The van der Waals surface area contributed by atoms with E-state index < -0.39 is 29.6 Å². The Hall–Kier alpha value is -5.00. The van der Waals surface area contributed by atoms with E-state index in [1.807, 2.05) is 13.0 Å². The minimum Gasteiger partial charge on any atom is -0.444 e. The summed E-state index contributed by atoms with van der Waals surface area (Å²) in [6.45, 7) is 2.00. The van der Waals surface area contributed by atoms with E-state index in [0.717, 1.165) is 46.5 Å².